The molecule has 0 bridgehead atoms. The SMILES string of the molecule is CCNC(=NCC1(C2CC2)CC1)NCCc1cccc(F)c1.I. The average Bonchev–Trinajstić information content (AvgIpc) is 3.38. The first-order valence-corrected chi connectivity index (χ1v) is 8.48. The van der Waals surface area contributed by atoms with Crippen LogP contribution in [0.15, 0.2) is 29.3 Å². The van der Waals surface area contributed by atoms with Crippen molar-refractivity contribution in [2.75, 3.05) is 19.6 Å². The molecular formula is C18H27FIN3. The van der Waals surface area contributed by atoms with Crippen LogP contribution in [0, 0.1) is 17.2 Å². The Morgan fingerprint density at radius 3 is 2.70 bits per heavy atom. The summed E-state index contributed by atoms with van der Waals surface area (Å²) in [6.07, 6.45) is 6.31. The second kappa shape index (κ2) is 8.31. The maximum Gasteiger partial charge on any atom is 0.191 e. The van der Waals surface area contributed by atoms with Crippen LogP contribution in [0.25, 0.3) is 0 Å². The van der Waals surface area contributed by atoms with Crippen molar-refractivity contribution < 1.29 is 4.39 Å². The third-order valence-corrected chi connectivity index (χ3v) is 4.83. The molecule has 5 heteroatoms. The fourth-order valence-corrected chi connectivity index (χ4v) is 3.15. The van der Waals surface area contributed by atoms with Crippen LogP contribution in [0.1, 0.15) is 38.2 Å². The van der Waals surface area contributed by atoms with Gasteiger partial charge in [-0.05, 0) is 68.1 Å². The van der Waals surface area contributed by atoms with E-state index in [-0.39, 0.29) is 29.8 Å². The molecule has 23 heavy (non-hydrogen) atoms. The highest BCUT2D eigenvalue weighted by Gasteiger charge is 2.53. The lowest BCUT2D eigenvalue weighted by molar-refractivity contribution is 0.452. The van der Waals surface area contributed by atoms with E-state index in [0.717, 1.165) is 43.5 Å². The zero-order valence-electron chi connectivity index (χ0n) is 13.8. The standard InChI is InChI=1S/C18H26FN3.HI/c1-2-20-17(22-13-18(9-10-18)15-6-7-15)21-11-8-14-4-3-5-16(19)12-14;/h3-5,12,15H,2,6-11,13H2,1H3,(H2,20,21,22);1H. The van der Waals surface area contributed by atoms with E-state index in [4.69, 9.17) is 4.99 Å². The van der Waals surface area contributed by atoms with E-state index >= 15 is 0 Å². The summed E-state index contributed by atoms with van der Waals surface area (Å²) in [5.74, 6) is 1.66. The van der Waals surface area contributed by atoms with Crippen molar-refractivity contribution in [3.63, 3.8) is 0 Å². The maximum absolute atomic E-state index is 13.2. The van der Waals surface area contributed by atoms with Gasteiger partial charge >= 0.3 is 0 Å². The van der Waals surface area contributed by atoms with Crippen LogP contribution < -0.4 is 10.6 Å². The first-order valence-electron chi connectivity index (χ1n) is 8.48. The molecule has 0 spiro atoms. The van der Waals surface area contributed by atoms with E-state index in [0.29, 0.717) is 5.41 Å². The molecule has 0 saturated heterocycles. The Balaban J connectivity index is 0.00000192. The van der Waals surface area contributed by atoms with E-state index in [1.54, 1.807) is 12.1 Å². The number of benzene rings is 1. The van der Waals surface area contributed by atoms with E-state index in [2.05, 4.69) is 17.6 Å². The van der Waals surface area contributed by atoms with Gasteiger partial charge in [0.05, 0.1) is 0 Å². The van der Waals surface area contributed by atoms with Gasteiger partial charge in [-0.3, -0.25) is 4.99 Å². The third-order valence-electron chi connectivity index (χ3n) is 4.83. The summed E-state index contributed by atoms with van der Waals surface area (Å²) in [4.78, 5) is 4.78. The molecule has 0 heterocycles. The van der Waals surface area contributed by atoms with Gasteiger partial charge in [0, 0.05) is 19.6 Å². The summed E-state index contributed by atoms with van der Waals surface area (Å²) >= 11 is 0. The van der Waals surface area contributed by atoms with Crippen LogP contribution in [0.2, 0.25) is 0 Å². The van der Waals surface area contributed by atoms with Gasteiger partial charge in [0.1, 0.15) is 5.82 Å². The van der Waals surface area contributed by atoms with Gasteiger partial charge in [-0.1, -0.05) is 12.1 Å². The number of aliphatic imine (C=N–C) groups is 1. The Kier molecular flexibility index (Phi) is 6.68. The molecule has 2 saturated carbocycles. The molecule has 0 amide bonds. The molecule has 0 unspecified atom stereocenters. The lowest BCUT2D eigenvalue weighted by Gasteiger charge is -2.15. The first kappa shape index (κ1) is 18.5. The number of halogens is 2. The number of hydrogen-bond acceptors (Lipinski definition) is 1. The highest BCUT2D eigenvalue weighted by atomic mass is 127. The molecular weight excluding hydrogens is 404 g/mol. The van der Waals surface area contributed by atoms with Gasteiger partial charge in [0.2, 0.25) is 0 Å². The molecule has 2 aliphatic carbocycles. The molecule has 128 valence electrons. The Morgan fingerprint density at radius 1 is 1.30 bits per heavy atom. The minimum atomic E-state index is -0.168. The van der Waals surface area contributed by atoms with Crippen molar-refractivity contribution in [3.05, 3.63) is 35.6 Å². The lowest BCUT2D eigenvalue weighted by Crippen LogP contribution is -2.38. The maximum atomic E-state index is 13.2. The van der Waals surface area contributed by atoms with Crippen molar-refractivity contribution in [1.82, 2.24) is 10.6 Å². The highest BCUT2D eigenvalue weighted by Crippen LogP contribution is 2.61. The van der Waals surface area contributed by atoms with Crippen LogP contribution in [0.4, 0.5) is 4.39 Å². The lowest BCUT2D eigenvalue weighted by atomic mass is 10.0. The molecule has 3 nitrogen and oxygen atoms in total. The smallest absolute Gasteiger partial charge is 0.191 e. The quantitative estimate of drug-likeness (QED) is 0.392. The van der Waals surface area contributed by atoms with Crippen molar-refractivity contribution in [3.8, 4) is 0 Å². The molecule has 1 aromatic carbocycles. The molecule has 1 aromatic rings. The Labute approximate surface area is 155 Å². The number of guanidine groups is 1. The zero-order chi connectivity index (χ0) is 15.4. The Bertz CT molecular complexity index is 539. The summed E-state index contributed by atoms with van der Waals surface area (Å²) < 4.78 is 13.2. The topological polar surface area (TPSA) is 36.4 Å². The minimum absolute atomic E-state index is 0. The van der Waals surface area contributed by atoms with Crippen LogP contribution in [0.5, 0.6) is 0 Å². The zero-order valence-corrected chi connectivity index (χ0v) is 16.1. The summed E-state index contributed by atoms with van der Waals surface area (Å²) in [5, 5.41) is 6.67. The highest BCUT2D eigenvalue weighted by molar-refractivity contribution is 14.0. The second-order valence-corrected chi connectivity index (χ2v) is 6.64. The summed E-state index contributed by atoms with van der Waals surface area (Å²) in [6.45, 7) is 4.67. The average molecular weight is 431 g/mol. The van der Waals surface area contributed by atoms with Crippen LogP contribution in [-0.2, 0) is 6.42 Å². The van der Waals surface area contributed by atoms with Gasteiger partial charge in [-0.25, -0.2) is 4.39 Å². The normalized spacial score (nSPS) is 19.0. The minimum Gasteiger partial charge on any atom is -0.357 e. The number of nitrogens with zero attached hydrogens (tertiary/aromatic N) is 1. The second-order valence-electron chi connectivity index (χ2n) is 6.64. The summed E-state index contributed by atoms with van der Waals surface area (Å²) in [7, 11) is 0. The fraction of sp³-hybridized carbons (Fsp3) is 0.611. The molecule has 0 aromatic heterocycles. The largest absolute Gasteiger partial charge is 0.357 e. The van der Waals surface area contributed by atoms with E-state index < -0.39 is 0 Å². The summed E-state index contributed by atoms with van der Waals surface area (Å²) in [5.41, 5.74) is 1.55. The molecule has 2 aliphatic rings. The Morgan fingerprint density at radius 2 is 2.09 bits per heavy atom. The van der Waals surface area contributed by atoms with Gasteiger partial charge < -0.3 is 10.6 Å². The van der Waals surface area contributed by atoms with Gasteiger partial charge in [0.15, 0.2) is 5.96 Å². The van der Waals surface area contributed by atoms with E-state index in [1.807, 2.05) is 6.07 Å². The predicted molar refractivity (Wildman–Crippen MR) is 104 cm³/mol. The summed E-state index contributed by atoms with van der Waals surface area (Å²) in [6, 6.07) is 6.80. The molecule has 0 radical (unpaired) electrons. The van der Waals surface area contributed by atoms with Crippen molar-refractivity contribution in [2.45, 2.75) is 39.0 Å². The van der Waals surface area contributed by atoms with Gasteiger partial charge in [-0.15, -0.1) is 24.0 Å². The van der Waals surface area contributed by atoms with Crippen LogP contribution in [0.3, 0.4) is 0 Å². The Hall–Kier alpha value is -0.850. The van der Waals surface area contributed by atoms with Gasteiger partial charge in [0.25, 0.3) is 0 Å². The molecule has 0 atom stereocenters. The van der Waals surface area contributed by atoms with E-state index in [9.17, 15) is 4.39 Å². The van der Waals surface area contributed by atoms with Crippen LogP contribution in [-0.4, -0.2) is 25.6 Å². The third kappa shape index (κ3) is 5.33. The monoisotopic (exact) mass is 431 g/mol. The first-order chi connectivity index (χ1) is 10.7. The number of hydrogen-bond donors (Lipinski definition) is 2. The van der Waals surface area contributed by atoms with Crippen molar-refractivity contribution in [2.24, 2.45) is 16.3 Å². The van der Waals surface area contributed by atoms with Gasteiger partial charge in [-0.2, -0.15) is 0 Å². The van der Waals surface area contributed by atoms with Crippen molar-refractivity contribution in [1.29, 1.82) is 0 Å². The fourth-order valence-electron chi connectivity index (χ4n) is 3.15. The molecule has 3 rings (SSSR count). The number of rotatable bonds is 7. The molecule has 2 fully saturated rings. The van der Waals surface area contributed by atoms with E-state index in [1.165, 1.54) is 31.7 Å². The molecule has 0 aliphatic heterocycles. The number of nitrogens with one attached hydrogen (secondary N) is 2. The predicted octanol–water partition coefficient (Wildman–Crippen LogP) is 3.73. The van der Waals surface area contributed by atoms with Crippen molar-refractivity contribution >= 4 is 29.9 Å². The molecule has 2 N–H and O–H groups in total. The van der Waals surface area contributed by atoms with Crippen LogP contribution >= 0.6 is 24.0 Å².